The molecule has 0 bridgehead atoms. The summed E-state index contributed by atoms with van der Waals surface area (Å²) in [6, 6.07) is 9.16. The Kier molecular flexibility index (Phi) is 5.57. The molecule has 0 amide bonds. The first kappa shape index (κ1) is 16.7. The molecule has 0 saturated carbocycles. The number of ether oxygens (including phenoxy) is 2. The molecule has 2 saturated heterocycles. The first-order chi connectivity index (χ1) is 11.1. The van der Waals surface area contributed by atoms with Crippen molar-refractivity contribution in [3.05, 3.63) is 29.8 Å². The van der Waals surface area contributed by atoms with Crippen LogP contribution in [0.4, 0.5) is 0 Å². The molecule has 2 fully saturated rings. The van der Waals surface area contributed by atoms with E-state index in [4.69, 9.17) is 9.47 Å². The summed E-state index contributed by atoms with van der Waals surface area (Å²) in [7, 11) is 1.73. The molecule has 23 heavy (non-hydrogen) atoms. The number of likely N-dealkylation sites (tertiary alicyclic amines) is 1. The highest BCUT2D eigenvalue weighted by Crippen LogP contribution is 2.23. The Labute approximate surface area is 140 Å². The quantitative estimate of drug-likeness (QED) is 0.852. The number of nitrogens with zero attached hydrogens (tertiary/aromatic N) is 2. The molecule has 4 heteroatoms. The number of hydrogen-bond donors (Lipinski definition) is 0. The molecule has 0 unspecified atom stereocenters. The summed E-state index contributed by atoms with van der Waals surface area (Å²) in [6.07, 6.45) is 3.27. The maximum absolute atomic E-state index is 5.87. The molecule has 2 atom stereocenters. The average molecular weight is 318 g/mol. The lowest BCUT2D eigenvalue weighted by atomic mass is 10.0. The molecule has 128 valence electrons. The fraction of sp³-hybridized carbons (Fsp3) is 0.684. The normalized spacial score (nSPS) is 28.0. The van der Waals surface area contributed by atoms with E-state index in [-0.39, 0.29) is 0 Å². The van der Waals surface area contributed by atoms with E-state index < -0.39 is 0 Å². The van der Waals surface area contributed by atoms with Crippen molar-refractivity contribution in [3.63, 3.8) is 0 Å². The van der Waals surface area contributed by atoms with Crippen molar-refractivity contribution in [1.29, 1.82) is 0 Å². The molecule has 4 nitrogen and oxygen atoms in total. The number of hydrogen-bond acceptors (Lipinski definition) is 4. The van der Waals surface area contributed by atoms with Crippen LogP contribution in [0.2, 0.25) is 0 Å². The van der Waals surface area contributed by atoms with Gasteiger partial charge in [0, 0.05) is 25.7 Å². The predicted molar refractivity (Wildman–Crippen MR) is 92.9 cm³/mol. The van der Waals surface area contributed by atoms with Gasteiger partial charge in [0.2, 0.25) is 0 Å². The second-order valence-electron chi connectivity index (χ2n) is 7.07. The second kappa shape index (κ2) is 7.65. The minimum absolute atomic E-state index is 0.369. The predicted octanol–water partition coefficient (Wildman–Crippen LogP) is 2.77. The minimum atomic E-state index is 0.369. The summed E-state index contributed by atoms with van der Waals surface area (Å²) in [5, 5.41) is 0. The summed E-state index contributed by atoms with van der Waals surface area (Å²) in [5.74, 6) is 0.952. The molecular formula is C19H30N2O2. The van der Waals surface area contributed by atoms with Crippen LogP contribution in [0.3, 0.4) is 0 Å². The molecule has 0 aromatic heterocycles. The number of rotatable bonds is 4. The molecule has 1 aromatic carbocycles. The third-order valence-corrected chi connectivity index (χ3v) is 5.06. The third-order valence-electron chi connectivity index (χ3n) is 5.06. The van der Waals surface area contributed by atoms with Gasteiger partial charge in [0.15, 0.2) is 0 Å². The zero-order valence-corrected chi connectivity index (χ0v) is 14.7. The average Bonchev–Trinajstić information content (AvgIpc) is 2.55. The van der Waals surface area contributed by atoms with E-state index in [1.807, 2.05) is 6.07 Å². The Morgan fingerprint density at radius 3 is 2.48 bits per heavy atom. The van der Waals surface area contributed by atoms with Crippen molar-refractivity contribution < 1.29 is 9.47 Å². The van der Waals surface area contributed by atoms with Crippen LogP contribution in [0.15, 0.2) is 24.3 Å². The van der Waals surface area contributed by atoms with Crippen LogP contribution in [0.1, 0.15) is 32.3 Å². The maximum Gasteiger partial charge on any atom is 0.119 e. The van der Waals surface area contributed by atoms with Gasteiger partial charge in [-0.3, -0.25) is 9.80 Å². The van der Waals surface area contributed by atoms with Gasteiger partial charge in [-0.25, -0.2) is 0 Å². The lowest BCUT2D eigenvalue weighted by Gasteiger charge is -2.43. The molecule has 1 aromatic rings. The zero-order chi connectivity index (χ0) is 16.2. The van der Waals surface area contributed by atoms with Gasteiger partial charge in [0.1, 0.15) is 5.75 Å². The minimum Gasteiger partial charge on any atom is -0.497 e. The molecule has 0 radical (unpaired) electrons. The van der Waals surface area contributed by atoms with Crippen LogP contribution in [0, 0.1) is 0 Å². The lowest BCUT2D eigenvalue weighted by Crippen LogP contribution is -2.53. The van der Waals surface area contributed by atoms with E-state index in [0.29, 0.717) is 12.2 Å². The van der Waals surface area contributed by atoms with Gasteiger partial charge in [0.25, 0.3) is 0 Å². The maximum atomic E-state index is 5.87. The second-order valence-corrected chi connectivity index (χ2v) is 7.07. The van der Waals surface area contributed by atoms with Crippen molar-refractivity contribution >= 4 is 0 Å². The largest absolute Gasteiger partial charge is 0.497 e. The Bertz CT molecular complexity index is 490. The topological polar surface area (TPSA) is 24.9 Å². The summed E-state index contributed by atoms with van der Waals surface area (Å²) >= 11 is 0. The molecule has 2 heterocycles. The van der Waals surface area contributed by atoms with E-state index in [2.05, 4.69) is 41.8 Å². The van der Waals surface area contributed by atoms with Gasteiger partial charge in [-0.15, -0.1) is 0 Å². The fourth-order valence-corrected chi connectivity index (χ4v) is 3.99. The number of morpholine rings is 1. The highest BCUT2D eigenvalue weighted by atomic mass is 16.5. The van der Waals surface area contributed by atoms with Gasteiger partial charge in [0.05, 0.1) is 19.3 Å². The van der Waals surface area contributed by atoms with Gasteiger partial charge in [-0.05, 0) is 57.5 Å². The molecule has 2 aliphatic rings. The van der Waals surface area contributed by atoms with Crippen LogP contribution < -0.4 is 4.74 Å². The molecule has 3 rings (SSSR count). The molecule has 2 aliphatic heterocycles. The first-order valence-corrected chi connectivity index (χ1v) is 8.89. The fourth-order valence-electron chi connectivity index (χ4n) is 3.99. The van der Waals surface area contributed by atoms with Crippen molar-refractivity contribution in [1.82, 2.24) is 9.80 Å². The SMILES string of the molecule is COc1cccc(CN2CCC(N3C[C@@H](C)O[C@H](C)C3)CC2)c1. The van der Waals surface area contributed by atoms with Gasteiger partial charge in [-0.1, -0.05) is 12.1 Å². The Morgan fingerprint density at radius 2 is 1.83 bits per heavy atom. The van der Waals surface area contributed by atoms with Crippen molar-refractivity contribution in [2.24, 2.45) is 0 Å². The van der Waals surface area contributed by atoms with Crippen molar-refractivity contribution in [2.45, 2.75) is 51.5 Å². The van der Waals surface area contributed by atoms with E-state index >= 15 is 0 Å². The molecule has 0 spiro atoms. The van der Waals surface area contributed by atoms with E-state index in [0.717, 1.165) is 31.4 Å². The number of piperidine rings is 1. The van der Waals surface area contributed by atoms with Crippen LogP contribution in [0.5, 0.6) is 5.75 Å². The highest BCUT2D eigenvalue weighted by Gasteiger charge is 2.30. The summed E-state index contributed by atoms with van der Waals surface area (Å²) < 4.78 is 11.2. The smallest absolute Gasteiger partial charge is 0.119 e. The van der Waals surface area contributed by atoms with Crippen LogP contribution in [0.25, 0.3) is 0 Å². The van der Waals surface area contributed by atoms with Gasteiger partial charge < -0.3 is 9.47 Å². The van der Waals surface area contributed by atoms with E-state index in [1.165, 1.54) is 31.5 Å². The Hall–Kier alpha value is -1.10. The van der Waals surface area contributed by atoms with E-state index in [9.17, 15) is 0 Å². The van der Waals surface area contributed by atoms with Crippen molar-refractivity contribution in [2.75, 3.05) is 33.3 Å². The number of benzene rings is 1. The molecule has 0 aliphatic carbocycles. The van der Waals surface area contributed by atoms with Crippen molar-refractivity contribution in [3.8, 4) is 5.75 Å². The molecular weight excluding hydrogens is 288 g/mol. The van der Waals surface area contributed by atoms with Gasteiger partial charge in [-0.2, -0.15) is 0 Å². The van der Waals surface area contributed by atoms with Crippen LogP contribution >= 0.6 is 0 Å². The highest BCUT2D eigenvalue weighted by molar-refractivity contribution is 5.28. The van der Waals surface area contributed by atoms with Crippen LogP contribution in [-0.4, -0.2) is 61.3 Å². The Balaban J connectivity index is 1.50. The van der Waals surface area contributed by atoms with Crippen LogP contribution in [-0.2, 0) is 11.3 Å². The van der Waals surface area contributed by atoms with E-state index in [1.54, 1.807) is 7.11 Å². The zero-order valence-electron chi connectivity index (χ0n) is 14.7. The monoisotopic (exact) mass is 318 g/mol. The Morgan fingerprint density at radius 1 is 1.13 bits per heavy atom. The number of methoxy groups -OCH3 is 1. The molecule has 0 N–H and O–H groups in total. The van der Waals surface area contributed by atoms with Gasteiger partial charge >= 0.3 is 0 Å². The third kappa shape index (κ3) is 4.46. The lowest BCUT2D eigenvalue weighted by molar-refractivity contribution is -0.0865. The first-order valence-electron chi connectivity index (χ1n) is 8.89. The standard InChI is InChI=1S/C19H30N2O2/c1-15-12-21(13-16(2)23-15)18-7-9-20(10-8-18)14-17-5-4-6-19(11-17)22-3/h4-6,11,15-16,18H,7-10,12-14H2,1-3H3/t15-,16-/m1/s1. The summed E-state index contributed by atoms with van der Waals surface area (Å²) in [4.78, 5) is 5.22. The summed E-state index contributed by atoms with van der Waals surface area (Å²) in [6.45, 7) is 9.96. The summed E-state index contributed by atoms with van der Waals surface area (Å²) in [5.41, 5.74) is 1.34.